The van der Waals surface area contributed by atoms with Crippen molar-refractivity contribution in [2.24, 2.45) is 5.92 Å². The van der Waals surface area contributed by atoms with Crippen LogP contribution in [-0.2, 0) is 0 Å². The van der Waals surface area contributed by atoms with Crippen LogP contribution in [0.2, 0.25) is 0 Å². The van der Waals surface area contributed by atoms with E-state index in [-0.39, 0.29) is 5.91 Å². The fourth-order valence-corrected chi connectivity index (χ4v) is 3.27. The highest BCUT2D eigenvalue weighted by Crippen LogP contribution is 2.28. The van der Waals surface area contributed by atoms with Gasteiger partial charge in [0, 0.05) is 22.0 Å². The Hall–Kier alpha value is -0.540. The van der Waals surface area contributed by atoms with E-state index < -0.39 is 0 Å². The molecule has 1 N–H and O–H groups in total. The van der Waals surface area contributed by atoms with Gasteiger partial charge in [-0.05, 0) is 55.9 Å². The molecule has 0 aromatic heterocycles. The minimum absolute atomic E-state index is 0.0121. The van der Waals surface area contributed by atoms with Gasteiger partial charge in [-0.15, -0.1) is 11.6 Å². The molecule has 2 nitrogen and oxygen atoms in total. The molecule has 0 aliphatic heterocycles. The normalized spacial score (nSPS) is 23.1. The molecular formula is C14H17BrClNO. The Kier molecular flexibility index (Phi) is 4.68. The van der Waals surface area contributed by atoms with E-state index in [2.05, 4.69) is 21.2 Å². The predicted octanol–water partition coefficient (Wildman–Crippen LogP) is 3.89. The van der Waals surface area contributed by atoms with Gasteiger partial charge in [0.1, 0.15) is 0 Å². The fourth-order valence-electron chi connectivity index (χ4n) is 2.41. The molecule has 1 aliphatic carbocycles. The summed E-state index contributed by atoms with van der Waals surface area (Å²) in [6.45, 7) is 2.68. The summed E-state index contributed by atoms with van der Waals surface area (Å²) in [6, 6.07) is 5.71. The number of carbonyl (C=O) groups is 1. The van der Waals surface area contributed by atoms with E-state index in [1.165, 1.54) is 0 Å². The molecule has 2 unspecified atom stereocenters. The van der Waals surface area contributed by atoms with Crippen LogP contribution in [-0.4, -0.2) is 17.8 Å². The molecule has 0 heterocycles. The maximum atomic E-state index is 12.1. The van der Waals surface area contributed by atoms with Gasteiger partial charge in [-0.1, -0.05) is 15.9 Å². The zero-order chi connectivity index (χ0) is 13.1. The number of aryl methyl sites for hydroxylation is 1. The van der Waals surface area contributed by atoms with Crippen molar-refractivity contribution in [2.75, 3.05) is 6.54 Å². The monoisotopic (exact) mass is 329 g/mol. The predicted molar refractivity (Wildman–Crippen MR) is 78.2 cm³/mol. The molecule has 98 valence electrons. The van der Waals surface area contributed by atoms with E-state index in [9.17, 15) is 4.79 Å². The lowest BCUT2D eigenvalue weighted by molar-refractivity contribution is 0.0947. The number of amides is 1. The Labute approximate surface area is 121 Å². The number of halogens is 2. The van der Waals surface area contributed by atoms with Crippen LogP contribution in [0.5, 0.6) is 0 Å². The summed E-state index contributed by atoms with van der Waals surface area (Å²) in [7, 11) is 0. The second-order valence-electron chi connectivity index (χ2n) is 4.95. The highest BCUT2D eigenvalue weighted by molar-refractivity contribution is 9.10. The Morgan fingerprint density at radius 3 is 2.89 bits per heavy atom. The minimum Gasteiger partial charge on any atom is -0.352 e. The van der Waals surface area contributed by atoms with Crippen LogP contribution in [0.15, 0.2) is 22.7 Å². The van der Waals surface area contributed by atoms with Crippen LogP contribution in [0, 0.1) is 12.8 Å². The van der Waals surface area contributed by atoms with Crippen LogP contribution in [0.25, 0.3) is 0 Å². The van der Waals surface area contributed by atoms with E-state index in [1.807, 2.05) is 25.1 Å². The second-order valence-corrected chi connectivity index (χ2v) is 6.48. The zero-order valence-electron chi connectivity index (χ0n) is 10.4. The average Bonchev–Trinajstić information content (AvgIpc) is 2.72. The van der Waals surface area contributed by atoms with Gasteiger partial charge >= 0.3 is 0 Å². The largest absolute Gasteiger partial charge is 0.352 e. The van der Waals surface area contributed by atoms with Crippen molar-refractivity contribution < 1.29 is 4.79 Å². The topological polar surface area (TPSA) is 29.1 Å². The number of hydrogen-bond donors (Lipinski definition) is 1. The Bertz CT molecular complexity index is 449. The van der Waals surface area contributed by atoms with Gasteiger partial charge in [-0.3, -0.25) is 4.79 Å². The third-order valence-electron chi connectivity index (χ3n) is 3.46. The number of hydrogen-bond acceptors (Lipinski definition) is 1. The molecule has 1 aliphatic rings. The number of nitrogens with one attached hydrogen (secondary N) is 1. The molecule has 1 aromatic carbocycles. The van der Waals surface area contributed by atoms with Crippen molar-refractivity contribution in [1.82, 2.24) is 5.32 Å². The van der Waals surface area contributed by atoms with Crippen molar-refractivity contribution in [3.05, 3.63) is 33.8 Å². The van der Waals surface area contributed by atoms with Crippen LogP contribution in [0.3, 0.4) is 0 Å². The summed E-state index contributed by atoms with van der Waals surface area (Å²) in [5.74, 6) is 0.547. The van der Waals surface area contributed by atoms with Gasteiger partial charge in [0.2, 0.25) is 0 Å². The van der Waals surface area contributed by atoms with Crippen LogP contribution >= 0.6 is 27.5 Å². The zero-order valence-corrected chi connectivity index (χ0v) is 12.7. The Morgan fingerprint density at radius 2 is 2.28 bits per heavy atom. The molecule has 1 aromatic rings. The highest BCUT2D eigenvalue weighted by atomic mass is 79.9. The van der Waals surface area contributed by atoms with Crippen LogP contribution in [0.1, 0.15) is 35.2 Å². The van der Waals surface area contributed by atoms with E-state index in [4.69, 9.17) is 11.6 Å². The first-order valence-corrected chi connectivity index (χ1v) is 7.47. The van der Waals surface area contributed by atoms with Gasteiger partial charge in [0.05, 0.1) is 0 Å². The summed E-state index contributed by atoms with van der Waals surface area (Å²) in [5.41, 5.74) is 1.74. The number of rotatable bonds is 3. The summed E-state index contributed by atoms with van der Waals surface area (Å²) in [4.78, 5) is 12.1. The van der Waals surface area contributed by atoms with Gasteiger partial charge in [-0.2, -0.15) is 0 Å². The molecule has 2 rings (SSSR count). The fraction of sp³-hybridized carbons (Fsp3) is 0.500. The summed E-state index contributed by atoms with van der Waals surface area (Å²) >= 11 is 9.46. The lowest BCUT2D eigenvalue weighted by atomic mass is 10.1. The molecule has 1 amide bonds. The summed E-state index contributed by atoms with van der Waals surface area (Å²) in [6.07, 6.45) is 3.20. The average molecular weight is 331 g/mol. The lowest BCUT2D eigenvalue weighted by Gasteiger charge is -2.12. The van der Waals surface area contributed by atoms with Crippen LogP contribution in [0.4, 0.5) is 0 Å². The van der Waals surface area contributed by atoms with Gasteiger partial charge in [0.15, 0.2) is 0 Å². The molecule has 0 radical (unpaired) electrons. The van der Waals surface area contributed by atoms with Gasteiger partial charge in [-0.25, -0.2) is 0 Å². The maximum absolute atomic E-state index is 12.1. The Morgan fingerprint density at radius 1 is 1.50 bits per heavy atom. The van der Waals surface area contributed by atoms with E-state index in [0.717, 1.165) is 41.4 Å². The molecule has 2 atom stereocenters. The van der Waals surface area contributed by atoms with Crippen molar-refractivity contribution in [2.45, 2.75) is 31.6 Å². The second kappa shape index (κ2) is 6.07. The maximum Gasteiger partial charge on any atom is 0.251 e. The lowest BCUT2D eigenvalue weighted by Crippen LogP contribution is -2.29. The molecule has 0 spiro atoms. The number of alkyl halides is 1. The van der Waals surface area contributed by atoms with E-state index in [0.29, 0.717) is 11.3 Å². The Balaban J connectivity index is 1.91. The minimum atomic E-state index is 0.0121. The number of benzene rings is 1. The van der Waals surface area contributed by atoms with Crippen molar-refractivity contribution >= 4 is 33.4 Å². The first kappa shape index (κ1) is 13.9. The molecule has 18 heavy (non-hydrogen) atoms. The van der Waals surface area contributed by atoms with Crippen LogP contribution < -0.4 is 5.32 Å². The summed E-state index contributed by atoms with van der Waals surface area (Å²) < 4.78 is 0.998. The smallest absolute Gasteiger partial charge is 0.251 e. The quantitative estimate of drug-likeness (QED) is 0.837. The summed E-state index contributed by atoms with van der Waals surface area (Å²) in [5, 5.41) is 3.30. The van der Waals surface area contributed by atoms with Crippen molar-refractivity contribution in [3.8, 4) is 0 Å². The van der Waals surface area contributed by atoms with E-state index >= 15 is 0 Å². The number of carbonyl (C=O) groups excluding carboxylic acids is 1. The molecule has 0 saturated heterocycles. The SMILES string of the molecule is Cc1cc(Br)ccc1C(=O)NCC1CCC(Cl)C1. The molecule has 0 bridgehead atoms. The van der Waals surface area contributed by atoms with Crippen molar-refractivity contribution in [3.63, 3.8) is 0 Å². The molecule has 1 fully saturated rings. The standard InChI is InChI=1S/C14H17BrClNO/c1-9-6-11(15)3-5-13(9)14(18)17-8-10-2-4-12(16)7-10/h3,5-6,10,12H,2,4,7-8H2,1H3,(H,17,18). The third kappa shape index (κ3) is 3.48. The van der Waals surface area contributed by atoms with Gasteiger partial charge in [0.25, 0.3) is 5.91 Å². The highest BCUT2D eigenvalue weighted by Gasteiger charge is 2.23. The van der Waals surface area contributed by atoms with Crippen molar-refractivity contribution in [1.29, 1.82) is 0 Å². The molecule has 1 saturated carbocycles. The van der Waals surface area contributed by atoms with E-state index in [1.54, 1.807) is 0 Å². The van der Waals surface area contributed by atoms with Gasteiger partial charge < -0.3 is 5.32 Å². The first-order chi connectivity index (χ1) is 8.56. The first-order valence-electron chi connectivity index (χ1n) is 6.24. The molecular weight excluding hydrogens is 314 g/mol. The third-order valence-corrected chi connectivity index (χ3v) is 4.35. The molecule has 4 heteroatoms.